The van der Waals surface area contributed by atoms with Crippen LogP contribution in [0, 0.1) is 22.7 Å². The van der Waals surface area contributed by atoms with Gasteiger partial charge in [0.05, 0.1) is 23.1 Å². The SMILES string of the molecule is CCN1Cc2ccc([C@](C)(C#N)Cc3cccc(C#N)c3)cc2NC1=O. The van der Waals surface area contributed by atoms with Crippen LogP contribution in [0.3, 0.4) is 0 Å². The molecule has 5 nitrogen and oxygen atoms in total. The number of nitriles is 2. The third kappa shape index (κ3) is 3.25. The fourth-order valence-corrected chi connectivity index (χ4v) is 3.27. The third-order valence-corrected chi connectivity index (χ3v) is 4.88. The van der Waals surface area contributed by atoms with E-state index in [1.54, 1.807) is 11.0 Å². The molecule has 0 radical (unpaired) electrons. The molecule has 2 amide bonds. The molecule has 1 N–H and O–H groups in total. The summed E-state index contributed by atoms with van der Waals surface area (Å²) >= 11 is 0. The van der Waals surface area contributed by atoms with Gasteiger partial charge >= 0.3 is 6.03 Å². The smallest absolute Gasteiger partial charge is 0.320 e. The fourth-order valence-electron chi connectivity index (χ4n) is 3.27. The fraction of sp³-hybridized carbons (Fsp3) is 0.286. The van der Waals surface area contributed by atoms with Crippen LogP contribution in [-0.4, -0.2) is 17.5 Å². The Morgan fingerprint density at radius 2 is 2.04 bits per heavy atom. The molecule has 0 spiro atoms. The van der Waals surface area contributed by atoms with Gasteiger partial charge in [-0.15, -0.1) is 0 Å². The van der Waals surface area contributed by atoms with E-state index >= 15 is 0 Å². The van der Waals surface area contributed by atoms with Crippen molar-refractivity contribution in [3.8, 4) is 12.1 Å². The Hall–Kier alpha value is -3.31. The molecular weight excluding hydrogens is 324 g/mol. The number of anilines is 1. The standard InChI is InChI=1S/C21H20N4O/c1-3-25-13-17-7-8-18(10-19(17)24-20(25)26)21(2,14-23)11-15-5-4-6-16(9-15)12-22/h4-10H,3,11,13H2,1-2H3,(H,24,26)/t21-/m0/s1. The van der Waals surface area contributed by atoms with Crippen molar-refractivity contribution in [1.82, 2.24) is 4.90 Å². The van der Waals surface area contributed by atoms with Crippen LogP contribution in [0.25, 0.3) is 0 Å². The van der Waals surface area contributed by atoms with Gasteiger partial charge in [-0.3, -0.25) is 0 Å². The van der Waals surface area contributed by atoms with Crippen molar-refractivity contribution in [2.45, 2.75) is 32.2 Å². The second kappa shape index (κ2) is 6.90. The Labute approximate surface area is 153 Å². The summed E-state index contributed by atoms with van der Waals surface area (Å²) in [6, 6.07) is 17.6. The Kier molecular flexibility index (Phi) is 4.65. The molecule has 0 aromatic heterocycles. The summed E-state index contributed by atoms with van der Waals surface area (Å²) in [5.41, 5.74) is 3.43. The number of amides is 2. The zero-order valence-corrected chi connectivity index (χ0v) is 14.9. The van der Waals surface area contributed by atoms with Crippen LogP contribution in [0.5, 0.6) is 0 Å². The van der Waals surface area contributed by atoms with Gasteiger partial charge in [-0.1, -0.05) is 24.3 Å². The molecule has 2 aromatic rings. The number of carbonyl (C=O) groups excluding carboxylic acids is 1. The molecule has 0 saturated carbocycles. The summed E-state index contributed by atoms with van der Waals surface area (Å²) in [6.07, 6.45) is 0.493. The van der Waals surface area contributed by atoms with Crippen LogP contribution in [0.2, 0.25) is 0 Å². The van der Waals surface area contributed by atoms with Crippen molar-refractivity contribution in [2.75, 3.05) is 11.9 Å². The van der Waals surface area contributed by atoms with Crippen molar-refractivity contribution < 1.29 is 4.79 Å². The normalized spacial score (nSPS) is 15.2. The lowest BCUT2D eigenvalue weighted by atomic mass is 9.78. The Morgan fingerprint density at radius 1 is 1.23 bits per heavy atom. The highest BCUT2D eigenvalue weighted by molar-refractivity contribution is 5.92. The van der Waals surface area contributed by atoms with E-state index in [0.29, 0.717) is 25.1 Å². The van der Waals surface area contributed by atoms with Crippen LogP contribution in [-0.2, 0) is 18.4 Å². The lowest BCUT2D eigenvalue weighted by Gasteiger charge is -2.30. The first-order chi connectivity index (χ1) is 12.5. The average Bonchev–Trinajstić information content (AvgIpc) is 2.67. The molecule has 1 atom stereocenters. The Morgan fingerprint density at radius 3 is 2.73 bits per heavy atom. The van der Waals surface area contributed by atoms with Gasteiger partial charge in [0.1, 0.15) is 0 Å². The highest BCUT2D eigenvalue weighted by Crippen LogP contribution is 2.33. The van der Waals surface area contributed by atoms with Crippen LogP contribution < -0.4 is 5.32 Å². The second-order valence-electron chi connectivity index (χ2n) is 6.75. The molecule has 0 aliphatic carbocycles. The van der Waals surface area contributed by atoms with Crippen molar-refractivity contribution in [3.05, 3.63) is 64.7 Å². The third-order valence-electron chi connectivity index (χ3n) is 4.88. The number of fused-ring (bicyclic) bond motifs is 1. The first-order valence-corrected chi connectivity index (χ1v) is 8.58. The number of carbonyl (C=O) groups is 1. The number of nitrogens with zero attached hydrogens (tertiary/aromatic N) is 3. The van der Waals surface area contributed by atoms with E-state index in [1.165, 1.54) is 0 Å². The van der Waals surface area contributed by atoms with Gasteiger partial charge < -0.3 is 10.2 Å². The van der Waals surface area contributed by atoms with Crippen LogP contribution in [0.4, 0.5) is 10.5 Å². The first-order valence-electron chi connectivity index (χ1n) is 8.58. The molecule has 0 saturated heterocycles. The second-order valence-corrected chi connectivity index (χ2v) is 6.75. The Bertz CT molecular complexity index is 938. The van der Waals surface area contributed by atoms with Crippen molar-refractivity contribution in [3.63, 3.8) is 0 Å². The van der Waals surface area contributed by atoms with Crippen LogP contribution in [0.15, 0.2) is 42.5 Å². The predicted molar refractivity (Wildman–Crippen MR) is 99.4 cm³/mol. The lowest BCUT2D eigenvalue weighted by Crippen LogP contribution is -2.38. The van der Waals surface area contributed by atoms with Crippen LogP contribution >= 0.6 is 0 Å². The molecule has 130 valence electrons. The number of urea groups is 1. The van der Waals surface area contributed by atoms with Crippen molar-refractivity contribution >= 4 is 11.7 Å². The molecule has 5 heteroatoms. The van der Waals surface area contributed by atoms with Gasteiger partial charge in [0.25, 0.3) is 0 Å². The van der Waals surface area contributed by atoms with E-state index in [1.807, 2.05) is 50.2 Å². The quantitative estimate of drug-likeness (QED) is 0.912. The molecule has 0 fully saturated rings. The maximum absolute atomic E-state index is 12.1. The molecule has 0 bridgehead atoms. The number of hydrogen-bond donors (Lipinski definition) is 1. The summed E-state index contributed by atoms with van der Waals surface area (Å²) in [7, 11) is 0. The number of rotatable bonds is 4. The molecule has 26 heavy (non-hydrogen) atoms. The van der Waals surface area contributed by atoms with E-state index in [0.717, 1.165) is 22.4 Å². The molecule has 1 aliphatic rings. The molecule has 1 aliphatic heterocycles. The number of benzene rings is 2. The van der Waals surface area contributed by atoms with E-state index in [-0.39, 0.29) is 6.03 Å². The van der Waals surface area contributed by atoms with E-state index in [4.69, 9.17) is 5.26 Å². The van der Waals surface area contributed by atoms with Gasteiger partial charge in [0.15, 0.2) is 0 Å². The number of hydrogen-bond acceptors (Lipinski definition) is 3. The minimum atomic E-state index is -0.754. The zero-order chi connectivity index (χ0) is 18.7. The maximum Gasteiger partial charge on any atom is 0.322 e. The average molecular weight is 344 g/mol. The molecule has 1 heterocycles. The maximum atomic E-state index is 12.1. The van der Waals surface area contributed by atoms with Gasteiger partial charge in [-0.2, -0.15) is 10.5 Å². The van der Waals surface area contributed by atoms with Gasteiger partial charge in [0, 0.05) is 18.8 Å². The lowest BCUT2D eigenvalue weighted by molar-refractivity contribution is 0.210. The van der Waals surface area contributed by atoms with Crippen molar-refractivity contribution in [2.24, 2.45) is 0 Å². The van der Waals surface area contributed by atoms with Gasteiger partial charge in [-0.25, -0.2) is 4.79 Å². The summed E-state index contributed by atoms with van der Waals surface area (Å²) in [4.78, 5) is 13.8. The molecular formula is C21H20N4O. The first kappa shape index (κ1) is 17.5. The summed E-state index contributed by atoms with van der Waals surface area (Å²) in [6.45, 7) is 5.06. The molecule has 2 aromatic carbocycles. The zero-order valence-electron chi connectivity index (χ0n) is 14.9. The monoisotopic (exact) mass is 344 g/mol. The summed E-state index contributed by atoms with van der Waals surface area (Å²) in [5, 5.41) is 21.8. The molecule has 0 unspecified atom stereocenters. The minimum absolute atomic E-state index is 0.113. The predicted octanol–water partition coefficient (Wildman–Crippen LogP) is 3.95. The van der Waals surface area contributed by atoms with E-state index in [2.05, 4.69) is 17.5 Å². The van der Waals surface area contributed by atoms with Crippen LogP contribution in [0.1, 0.15) is 36.1 Å². The molecule has 3 rings (SSSR count). The van der Waals surface area contributed by atoms with E-state index in [9.17, 15) is 10.1 Å². The highest BCUT2D eigenvalue weighted by atomic mass is 16.2. The number of nitrogens with one attached hydrogen (secondary N) is 1. The Balaban J connectivity index is 1.93. The topological polar surface area (TPSA) is 79.9 Å². The summed E-state index contributed by atoms with van der Waals surface area (Å²) < 4.78 is 0. The van der Waals surface area contributed by atoms with E-state index < -0.39 is 5.41 Å². The largest absolute Gasteiger partial charge is 0.322 e. The van der Waals surface area contributed by atoms with Crippen molar-refractivity contribution in [1.29, 1.82) is 10.5 Å². The summed E-state index contributed by atoms with van der Waals surface area (Å²) in [5.74, 6) is 0. The highest BCUT2D eigenvalue weighted by Gasteiger charge is 2.29. The minimum Gasteiger partial charge on any atom is -0.320 e. The van der Waals surface area contributed by atoms with Gasteiger partial charge in [-0.05, 0) is 55.2 Å². The van der Waals surface area contributed by atoms with Gasteiger partial charge in [0.2, 0.25) is 0 Å².